The summed E-state index contributed by atoms with van der Waals surface area (Å²) in [6.07, 6.45) is 0. The van der Waals surface area contributed by atoms with Crippen molar-refractivity contribution < 1.29 is 5.11 Å². The lowest BCUT2D eigenvalue weighted by atomic mass is 9.98. The van der Waals surface area contributed by atoms with Gasteiger partial charge < -0.3 is 5.11 Å². The molecule has 0 aliphatic rings. The van der Waals surface area contributed by atoms with Crippen LogP contribution in [0.25, 0.3) is 22.3 Å². The van der Waals surface area contributed by atoms with E-state index < -0.39 is 0 Å². The lowest BCUT2D eigenvalue weighted by molar-refractivity contribution is 0.477. The van der Waals surface area contributed by atoms with Crippen molar-refractivity contribution in [3.63, 3.8) is 0 Å². The van der Waals surface area contributed by atoms with Gasteiger partial charge in [0.25, 0.3) is 0 Å². The quantitative estimate of drug-likeness (QED) is 0.542. The molecule has 0 aliphatic carbocycles. The Bertz CT molecular complexity index is 1020. The molecule has 0 spiro atoms. The van der Waals surface area contributed by atoms with E-state index >= 15 is 0 Å². The van der Waals surface area contributed by atoms with Gasteiger partial charge in [0.15, 0.2) is 0 Å². The maximum Gasteiger partial charge on any atom is 0.123 e. The molecule has 124 valence electrons. The van der Waals surface area contributed by atoms with Crippen LogP contribution in [0.4, 0.5) is 0 Å². The highest BCUT2D eigenvalue weighted by Gasteiger charge is 2.06. The molecular weight excluding hydrogens is 332 g/mol. The zero-order chi connectivity index (χ0) is 17.8. The van der Waals surface area contributed by atoms with Crippen LogP contribution in [0.1, 0.15) is 0 Å². The number of rotatable bonds is 4. The summed E-state index contributed by atoms with van der Waals surface area (Å²) in [5, 5.41) is 12.8. The third-order valence-electron chi connectivity index (χ3n) is 4.34. The van der Waals surface area contributed by atoms with Gasteiger partial charge in [-0.15, -0.1) is 0 Å². The van der Waals surface area contributed by atoms with Crippen LogP contribution >= 0.6 is 0 Å². The zero-order valence-corrected chi connectivity index (χ0v) is 15.3. The van der Waals surface area contributed by atoms with Gasteiger partial charge in [0, 0.05) is 5.56 Å². The van der Waals surface area contributed by atoms with E-state index in [1.807, 2.05) is 30.3 Å². The molecule has 0 unspecified atom stereocenters. The molecule has 4 rings (SSSR count). The molecule has 0 saturated carbocycles. The molecular formula is C24H18OSi. The van der Waals surface area contributed by atoms with Crippen LogP contribution in [0.15, 0.2) is 103 Å². The highest BCUT2D eigenvalue weighted by atomic mass is 28.2. The first-order chi connectivity index (χ1) is 12.8. The molecule has 4 aromatic carbocycles. The Morgan fingerprint density at radius 1 is 0.500 bits per heavy atom. The van der Waals surface area contributed by atoms with Crippen LogP contribution in [0.3, 0.4) is 0 Å². The van der Waals surface area contributed by atoms with Crippen molar-refractivity contribution in [3.8, 4) is 28.0 Å². The van der Waals surface area contributed by atoms with Gasteiger partial charge in [-0.3, -0.25) is 0 Å². The second kappa shape index (κ2) is 7.42. The number of hydrogen-bond acceptors (Lipinski definition) is 1. The van der Waals surface area contributed by atoms with Crippen LogP contribution in [-0.4, -0.2) is 14.6 Å². The van der Waals surface area contributed by atoms with Gasteiger partial charge in [-0.1, -0.05) is 101 Å². The van der Waals surface area contributed by atoms with Gasteiger partial charge in [0.05, 0.1) is 0 Å². The molecule has 1 N–H and O–H groups in total. The van der Waals surface area contributed by atoms with Crippen LogP contribution < -0.4 is 10.4 Å². The van der Waals surface area contributed by atoms with Crippen molar-refractivity contribution in [2.75, 3.05) is 0 Å². The number of benzene rings is 4. The minimum atomic E-state index is 0.309. The van der Waals surface area contributed by atoms with E-state index in [2.05, 4.69) is 66.7 Å². The number of para-hydroxylation sites is 1. The Morgan fingerprint density at radius 2 is 1.12 bits per heavy atom. The van der Waals surface area contributed by atoms with Crippen molar-refractivity contribution in [3.05, 3.63) is 103 Å². The Kier molecular flexibility index (Phi) is 4.67. The average molecular weight is 350 g/mol. The minimum absolute atomic E-state index is 0.309. The normalized spacial score (nSPS) is 10.6. The molecule has 0 aromatic heterocycles. The molecule has 26 heavy (non-hydrogen) atoms. The van der Waals surface area contributed by atoms with Crippen LogP contribution in [0, 0.1) is 0 Å². The molecule has 0 heterocycles. The van der Waals surface area contributed by atoms with Gasteiger partial charge in [-0.25, -0.2) is 0 Å². The number of hydrogen-bond donors (Lipinski definition) is 1. The summed E-state index contributed by atoms with van der Waals surface area (Å²) in [6.45, 7) is 0. The Labute approximate surface area is 156 Å². The lowest BCUT2D eigenvalue weighted by Crippen LogP contribution is -2.26. The van der Waals surface area contributed by atoms with Crippen LogP contribution in [0.5, 0.6) is 5.75 Å². The van der Waals surface area contributed by atoms with E-state index in [1.165, 1.54) is 15.9 Å². The van der Waals surface area contributed by atoms with Crippen molar-refractivity contribution in [2.24, 2.45) is 0 Å². The molecule has 0 bridgehead atoms. The first-order valence-electron chi connectivity index (χ1n) is 8.60. The van der Waals surface area contributed by atoms with E-state index in [4.69, 9.17) is 0 Å². The second-order valence-corrected chi connectivity index (χ2v) is 7.57. The molecule has 0 aliphatic heterocycles. The highest BCUT2D eigenvalue weighted by molar-refractivity contribution is 6.67. The first-order valence-corrected chi connectivity index (χ1v) is 9.60. The summed E-state index contributed by atoms with van der Waals surface area (Å²) < 4.78 is 0. The van der Waals surface area contributed by atoms with Crippen LogP contribution in [-0.2, 0) is 0 Å². The number of aromatic hydroxyl groups is 1. The minimum Gasteiger partial charge on any atom is -0.507 e. The largest absolute Gasteiger partial charge is 0.507 e. The standard InChI is InChI=1S/C24H18OSi/c25-24-15-5-4-14-23(24)20-10-6-8-18(16-20)19-9-7-13-22(17-19)26-21-11-2-1-3-12-21/h1-17,25H. The molecule has 4 aromatic rings. The monoisotopic (exact) mass is 350 g/mol. The van der Waals surface area contributed by atoms with E-state index in [0.717, 1.165) is 16.7 Å². The summed E-state index contributed by atoms with van der Waals surface area (Å²) in [5.74, 6) is 0.309. The molecule has 1 nitrogen and oxygen atoms in total. The summed E-state index contributed by atoms with van der Waals surface area (Å²) in [6, 6.07) is 35.1. The maximum absolute atomic E-state index is 10.1. The van der Waals surface area contributed by atoms with E-state index in [-0.39, 0.29) is 0 Å². The number of phenolic OH excluding ortho intramolecular Hbond substituents is 1. The SMILES string of the molecule is Oc1ccccc1-c1cccc(-c2cccc([Si]c3ccccc3)c2)c1. The van der Waals surface area contributed by atoms with E-state index in [1.54, 1.807) is 6.07 Å². The van der Waals surface area contributed by atoms with E-state index in [0.29, 0.717) is 15.3 Å². The Balaban J connectivity index is 1.67. The van der Waals surface area contributed by atoms with Crippen molar-refractivity contribution in [1.82, 2.24) is 0 Å². The predicted molar refractivity (Wildman–Crippen MR) is 110 cm³/mol. The topological polar surface area (TPSA) is 20.2 Å². The maximum atomic E-state index is 10.1. The van der Waals surface area contributed by atoms with Crippen molar-refractivity contribution >= 4 is 19.9 Å². The third-order valence-corrected chi connectivity index (χ3v) is 5.56. The predicted octanol–water partition coefficient (Wildman–Crippen LogP) is 4.38. The zero-order valence-electron chi connectivity index (χ0n) is 14.3. The fourth-order valence-corrected chi connectivity index (χ4v) is 4.15. The molecule has 0 fully saturated rings. The second-order valence-electron chi connectivity index (χ2n) is 6.17. The fourth-order valence-electron chi connectivity index (χ4n) is 3.05. The fraction of sp³-hybridized carbons (Fsp3) is 0. The summed E-state index contributed by atoms with van der Waals surface area (Å²) in [4.78, 5) is 0. The Morgan fingerprint density at radius 3 is 1.92 bits per heavy atom. The molecule has 2 radical (unpaired) electrons. The lowest BCUT2D eigenvalue weighted by Gasteiger charge is -2.09. The molecule has 0 saturated heterocycles. The van der Waals surface area contributed by atoms with Crippen molar-refractivity contribution in [2.45, 2.75) is 0 Å². The summed E-state index contributed by atoms with van der Waals surface area (Å²) in [7, 11) is 0.646. The van der Waals surface area contributed by atoms with Gasteiger partial charge in [-0.2, -0.15) is 0 Å². The van der Waals surface area contributed by atoms with Gasteiger partial charge in [0.2, 0.25) is 0 Å². The molecule has 2 heteroatoms. The van der Waals surface area contributed by atoms with Gasteiger partial charge in [0.1, 0.15) is 15.3 Å². The van der Waals surface area contributed by atoms with E-state index in [9.17, 15) is 5.11 Å². The van der Waals surface area contributed by atoms with Gasteiger partial charge in [-0.05, 0) is 28.8 Å². The summed E-state index contributed by atoms with van der Waals surface area (Å²) in [5.41, 5.74) is 4.24. The van der Waals surface area contributed by atoms with Crippen molar-refractivity contribution in [1.29, 1.82) is 0 Å². The Hall–Kier alpha value is -3.10. The third kappa shape index (κ3) is 3.61. The average Bonchev–Trinajstić information content (AvgIpc) is 2.69. The first kappa shape index (κ1) is 16.4. The summed E-state index contributed by atoms with van der Waals surface area (Å²) >= 11 is 0. The van der Waals surface area contributed by atoms with Gasteiger partial charge >= 0.3 is 0 Å². The smallest absolute Gasteiger partial charge is 0.123 e. The molecule has 0 amide bonds. The number of phenols is 1. The molecule has 0 atom stereocenters. The van der Waals surface area contributed by atoms with Crippen LogP contribution in [0.2, 0.25) is 0 Å². The highest BCUT2D eigenvalue weighted by Crippen LogP contribution is 2.31.